The van der Waals surface area contributed by atoms with E-state index in [1.54, 1.807) is 6.07 Å². The number of methoxy groups -OCH3 is 1. The van der Waals surface area contributed by atoms with Gasteiger partial charge in [0.2, 0.25) is 0 Å². The fourth-order valence-electron chi connectivity index (χ4n) is 1.56. The van der Waals surface area contributed by atoms with Gasteiger partial charge < -0.3 is 19.2 Å². The van der Waals surface area contributed by atoms with E-state index in [4.69, 9.17) is 9.39 Å². The van der Waals surface area contributed by atoms with Crippen molar-refractivity contribution in [3.8, 4) is 5.75 Å². The van der Waals surface area contributed by atoms with Crippen LogP contribution in [-0.4, -0.2) is 31.8 Å². The van der Waals surface area contributed by atoms with E-state index in [2.05, 4.69) is 4.74 Å². The maximum atomic E-state index is 13.9. The third-order valence-corrected chi connectivity index (χ3v) is 2.45. The Morgan fingerprint density at radius 1 is 1.65 bits per heavy atom. The molecule has 5 nitrogen and oxygen atoms in total. The van der Waals surface area contributed by atoms with Gasteiger partial charge in [0.1, 0.15) is 0 Å². The molecule has 17 heavy (non-hydrogen) atoms. The molecule has 0 spiro atoms. The number of rotatable bonds is 3. The first-order valence-corrected chi connectivity index (χ1v) is 4.94. The number of carbonyl (C=O) groups excluding carboxylic acids is 1. The lowest BCUT2D eigenvalue weighted by molar-refractivity contribution is -0.142. The molecule has 1 aromatic carbocycles. The Bertz CT molecular complexity index is 451. The van der Waals surface area contributed by atoms with Crippen molar-refractivity contribution < 1.29 is 28.3 Å². The average molecular weight is 240 g/mol. The second-order valence-corrected chi connectivity index (χ2v) is 3.48. The van der Waals surface area contributed by atoms with Gasteiger partial charge in [-0.15, -0.1) is 0 Å². The van der Waals surface area contributed by atoms with Gasteiger partial charge in [-0.3, -0.25) is 0 Å². The van der Waals surface area contributed by atoms with Crippen LogP contribution in [0.3, 0.4) is 0 Å². The lowest BCUT2D eigenvalue weighted by Crippen LogP contribution is -2.31. The molecule has 1 N–H and O–H groups in total. The van der Waals surface area contributed by atoms with Gasteiger partial charge in [-0.25, -0.2) is 9.18 Å². The Balaban J connectivity index is 2.20. The summed E-state index contributed by atoms with van der Waals surface area (Å²) in [5.74, 6) is -1.43. The standard InChI is InChI=1S/C10H10BFO5/c1-15-8(13)5-16-7-3-2-6-4-17-11(14)9(6)10(7)12/h2-3,14H,4-5H2,1H3. The molecule has 90 valence electrons. The summed E-state index contributed by atoms with van der Waals surface area (Å²) in [7, 11) is -0.0748. The van der Waals surface area contributed by atoms with E-state index in [1.165, 1.54) is 13.2 Å². The minimum Gasteiger partial charge on any atom is -0.479 e. The molecule has 0 amide bonds. The van der Waals surface area contributed by atoms with Gasteiger partial charge >= 0.3 is 13.1 Å². The van der Waals surface area contributed by atoms with Crippen molar-refractivity contribution in [2.45, 2.75) is 6.61 Å². The second-order valence-electron chi connectivity index (χ2n) is 3.48. The van der Waals surface area contributed by atoms with Crippen molar-refractivity contribution in [1.29, 1.82) is 0 Å². The van der Waals surface area contributed by atoms with Crippen molar-refractivity contribution in [2.75, 3.05) is 13.7 Å². The molecule has 1 aromatic rings. The zero-order valence-corrected chi connectivity index (χ0v) is 9.10. The van der Waals surface area contributed by atoms with Gasteiger partial charge in [0, 0.05) is 5.46 Å². The van der Waals surface area contributed by atoms with Crippen molar-refractivity contribution >= 4 is 18.6 Å². The minimum absolute atomic E-state index is 0.0624. The van der Waals surface area contributed by atoms with Crippen LogP contribution in [0.25, 0.3) is 0 Å². The molecule has 0 fully saturated rings. The zero-order chi connectivity index (χ0) is 12.4. The van der Waals surface area contributed by atoms with Crippen LogP contribution in [-0.2, 0) is 20.8 Å². The predicted octanol–water partition coefficient (Wildman–Crippen LogP) is -0.405. The molecule has 0 saturated carbocycles. The van der Waals surface area contributed by atoms with Gasteiger partial charge in [0.25, 0.3) is 0 Å². The normalized spacial score (nSPS) is 13.5. The SMILES string of the molecule is COC(=O)COc1ccc2c(c1F)B(O)OC2. The quantitative estimate of drug-likeness (QED) is 0.575. The van der Waals surface area contributed by atoms with Crippen LogP contribution in [0.2, 0.25) is 0 Å². The van der Waals surface area contributed by atoms with E-state index in [0.717, 1.165) is 0 Å². The topological polar surface area (TPSA) is 65.0 Å². The number of hydrogen-bond donors (Lipinski definition) is 1. The van der Waals surface area contributed by atoms with Gasteiger partial charge in [-0.05, 0) is 11.6 Å². The highest BCUT2D eigenvalue weighted by Gasteiger charge is 2.32. The summed E-state index contributed by atoms with van der Waals surface area (Å²) >= 11 is 0. The first kappa shape index (κ1) is 11.9. The molecule has 1 aliphatic rings. The summed E-state index contributed by atoms with van der Waals surface area (Å²) in [4.78, 5) is 10.9. The van der Waals surface area contributed by atoms with Crippen LogP contribution >= 0.6 is 0 Å². The molecule has 1 aliphatic heterocycles. The van der Waals surface area contributed by atoms with Gasteiger partial charge in [-0.1, -0.05) is 6.07 Å². The maximum absolute atomic E-state index is 13.9. The van der Waals surface area contributed by atoms with Crippen molar-refractivity contribution in [3.05, 3.63) is 23.5 Å². The summed E-state index contributed by atoms with van der Waals surface area (Å²) in [5.41, 5.74) is 0.632. The van der Waals surface area contributed by atoms with Gasteiger partial charge in [-0.2, -0.15) is 0 Å². The molecule has 0 atom stereocenters. The number of hydrogen-bond acceptors (Lipinski definition) is 5. The molecule has 7 heteroatoms. The third-order valence-electron chi connectivity index (χ3n) is 2.45. The highest BCUT2D eigenvalue weighted by Crippen LogP contribution is 2.21. The fraction of sp³-hybridized carbons (Fsp3) is 0.300. The van der Waals surface area contributed by atoms with E-state index in [-0.39, 0.29) is 24.4 Å². The summed E-state index contributed by atoms with van der Waals surface area (Å²) in [6, 6.07) is 2.97. The number of carbonyl (C=O) groups is 1. The number of fused-ring (bicyclic) bond motifs is 1. The number of esters is 1. The van der Waals surface area contributed by atoms with E-state index in [9.17, 15) is 14.2 Å². The molecular formula is C10H10BFO5. The summed E-state index contributed by atoms with van der Waals surface area (Å²) < 4.78 is 28.0. The molecule has 2 rings (SSSR count). The van der Waals surface area contributed by atoms with E-state index >= 15 is 0 Å². The largest absolute Gasteiger partial charge is 0.494 e. The number of benzene rings is 1. The predicted molar refractivity (Wildman–Crippen MR) is 56.3 cm³/mol. The smallest absolute Gasteiger partial charge is 0.479 e. The Hall–Kier alpha value is -1.60. The van der Waals surface area contributed by atoms with Crippen molar-refractivity contribution in [1.82, 2.24) is 0 Å². The number of halogens is 1. The molecule has 0 radical (unpaired) electrons. The number of ether oxygens (including phenoxy) is 2. The van der Waals surface area contributed by atoms with Crippen LogP contribution in [0.15, 0.2) is 12.1 Å². The Morgan fingerprint density at radius 2 is 2.41 bits per heavy atom. The van der Waals surface area contributed by atoms with Gasteiger partial charge in [0.05, 0.1) is 13.7 Å². The molecule has 0 aliphatic carbocycles. The Labute approximate surface area is 97.2 Å². The lowest BCUT2D eigenvalue weighted by atomic mass is 9.79. The van der Waals surface area contributed by atoms with Crippen LogP contribution in [0.5, 0.6) is 5.75 Å². The average Bonchev–Trinajstić information content (AvgIpc) is 2.70. The summed E-state index contributed by atoms with van der Waals surface area (Å²) in [6.07, 6.45) is 0. The second kappa shape index (κ2) is 4.73. The highest BCUT2D eigenvalue weighted by molar-refractivity contribution is 6.61. The van der Waals surface area contributed by atoms with E-state index < -0.39 is 18.9 Å². The van der Waals surface area contributed by atoms with E-state index in [1.807, 2.05) is 0 Å². The van der Waals surface area contributed by atoms with Crippen LogP contribution in [0.1, 0.15) is 5.56 Å². The fourth-order valence-corrected chi connectivity index (χ4v) is 1.56. The first-order valence-electron chi connectivity index (χ1n) is 4.94. The minimum atomic E-state index is -1.29. The molecule has 0 unspecified atom stereocenters. The van der Waals surface area contributed by atoms with Crippen LogP contribution < -0.4 is 10.2 Å². The molecule has 1 heterocycles. The molecule has 0 saturated heterocycles. The summed E-state index contributed by atoms with van der Waals surface area (Å²) in [5, 5.41) is 9.40. The highest BCUT2D eigenvalue weighted by atomic mass is 19.1. The third kappa shape index (κ3) is 2.25. The molecular weight excluding hydrogens is 230 g/mol. The lowest BCUT2D eigenvalue weighted by Gasteiger charge is -2.08. The zero-order valence-electron chi connectivity index (χ0n) is 9.10. The van der Waals surface area contributed by atoms with Crippen molar-refractivity contribution in [3.63, 3.8) is 0 Å². The first-order chi connectivity index (χ1) is 8.13. The molecule has 0 aromatic heterocycles. The Kier molecular flexibility index (Phi) is 3.30. The monoisotopic (exact) mass is 240 g/mol. The van der Waals surface area contributed by atoms with Gasteiger partial charge in [0.15, 0.2) is 18.2 Å². The Morgan fingerprint density at radius 3 is 3.12 bits per heavy atom. The molecule has 0 bridgehead atoms. The van der Waals surface area contributed by atoms with Crippen LogP contribution in [0.4, 0.5) is 4.39 Å². The van der Waals surface area contributed by atoms with Crippen LogP contribution in [0, 0.1) is 5.82 Å². The summed E-state index contributed by atoms with van der Waals surface area (Å²) in [6.45, 7) is -0.228. The van der Waals surface area contributed by atoms with E-state index in [0.29, 0.717) is 5.56 Å². The van der Waals surface area contributed by atoms with Crippen molar-refractivity contribution in [2.24, 2.45) is 0 Å². The maximum Gasteiger partial charge on any atom is 0.494 e.